The normalized spacial score (nSPS) is 8.18. The van der Waals surface area contributed by atoms with Crippen LogP contribution in [-0.4, -0.2) is 26.8 Å². The number of ether oxygens (including phenoxy) is 2. The van der Waals surface area contributed by atoms with Gasteiger partial charge in [-0.25, -0.2) is 5.26 Å². The van der Waals surface area contributed by atoms with E-state index in [9.17, 15) is 4.79 Å². The molecular formula is C6H8NNaO3. The molecule has 0 heterocycles. The Morgan fingerprint density at radius 2 is 2.00 bits per heavy atom. The Hall–Kier alpha value is -0.0500. The van der Waals surface area contributed by atoms with Gasteiger partial charge in [-0.2, -0.15) is 5.92 Å². The van der Waals surface area contributed by atoms with Crippen LogP contribution in [0.25, 0.3) is 0 Å². The van der Waals surface area contributed by atoms with Crippen molar-refractivity contribution in [3.05, 3.63) is 5.92 Å². The summed E-state index contributed by atoms with van der Waals surface area (Å²) in [6.07, 6.45) is -0.417. The molecule has 0 aliphatic heterocycles. The van der Waals surface area contributed by atoms with Gasteiger partial charge in [0.1, 0.15) is 0 Å². The van der Waals surface area contributed by atoms with Crippen molar-refractivity contribution in [2.45, 2.75) is 6.29 Å². The number of hydrogen-bond donors (Lipinski definition) is 0. The van der Waals surface area contributed by atoms with E-state index in [0.29, 0.717) is 6.29 Å². The quantitative estimate of drug-likeness (QED) is 0.192. The van der Waals surface area contributed by atoms with E-state index in [2.05, 4.69) is 9.47 Å². The van der Waals surface area contributed by atoms with E-state index in [1.54, 1.807) is 6.07 Å². The summed E-state index contributed by atoms with van der Waals surface area (Å²) < 4.78 is 9.26. The Balaban J connectivity index is 0. The van der Waals surface area contributed by atoms with Crippen molar-refractivity contribution in [3.8, 4) is 6.07 Å². The maximum Gasteiger partial charge on any atom is 1.00 e. The molecule has 0 aliphatic carbocycles. The van der Waals surface area contributed by atoms with Crippen molar-refractivity contribution >= 4 is 6.29 Å². The minimum absolute atomic E-state index is 0. The fourth-order valence-electron chi connectivity index (χ4n) is 0.485. The van der Waals surface area contributed by atoms with Crippen LogP contribution in [0.4, 0.5) is 0 Å². The van der Waals surface area contributed by atoms with E-state index in [1.807, 2.05) is 0 Å². The van der Waals surface area contributed by atoms with E-state index in [-0.39, 0.29) is 35.5 Å². The van der Waals surface area contributed by atoms with Crippen LogP contribution in [0.1, 0.15) is 0 Å². The number of nitriles is 1. The Labute approximate surface area is 87.8 Å². The molecule has 0 spiro atoms. The monoisotopic (exact) mass is 165 g/mol. The van der Waals surface area contributed by atoms with E-state index < -0.39 is 6.29 Å². The third-order valence-corrected chi connectivity index (χ3v) is 0.938. The van der Waals surface area contributed by atoms with Crippen LogP contribution in [0.3, 0.4) is 0 Å². The van der Waals surface area contributed by atoms with Crippen LogP contribution in [-0.2, 0) is 14.3 Å². The summed E-state index contributed by atoms with van der Waals surface area (Å²) in [5.74, 6) is -0.0648. The van der Waals surface area contributed by atoms with Crippen molar-refractivity contribution in [2.24, 2.45) is 0 Å². The molecule has 0 saturated heterocycles. The minimum Gasteiger partial charge on any atom is -0.383 e. The summed E-state index contributed by atoms with van der Waals surface area (Å²) >= 11 is 0. The summed E-state index contributed by atoms with van der Waals surface area (Å²) in [6.45, 7) is 0. The average molecular weight is 165 g/mol. The minimum atomic E-state index is -0.831. The van der Waals surface area contributed by atoms with Crippen molar-refractivity contribution in [1.82, 2.24) is 0 Å². The summed E-state index contributed by atoms with van der Waals surface area (Å²) in [6, 6.07) is 1.65. The van der Waals surface area contributed by atoms with Crippen molar-refractivity contribution in [2.75, 3.05) is 14.2 Å². The zero-order chi connectivity index (χ0) is 7.98. The first-order valence-corrected chi connectivity index (χ1v) is 2.57. The van der Waals surface area contributed by atoms with Gasteiger partial charge in [0.15, 0.2) is 0 Å². The molecular weight excluding hydrogens is 157 g/mol. The van der Waals surface area contributed by atoms with E-state index in [1.165, 1.54) is 14.2 Å². The zero-order valence-electron chi connectivity index (χ0n) is 6.83. The zero-order valence-corrected chi connectivity index (χ0v) is 8.83. The van der Waals surface area contributed by atoms with Gasteiger partial charge in [0.2, 0.25) is 0 Å². The predicted octanol–water partition coefficient (Wildman–Crippen LogP) is -3.09. The largest absolute Gasteiger partial charge is 1.00 e. The second kappa shape index (κ2) is 8.05. The van der Waals surface area contributed by atoms with Crippen LogP contribution < -0.4 is 29.6 Å². The third-order valence-electron chi connectivity index (χ3n) is 0.938. The SMILES string of the molecule is COC(OC)[C-](C#N)C=O.[Na+]. The molecule has 0 atom stereocenters. The van der Waals surface area contributed by atoms with Gasteiger partial charge < -0.3 is 14.3 Å². The maximum absolute atomic E-state index is 10.1. The molecule has 0 radical (unpaired) electrons. The molecule has 56 valence electrons. The molecule has 0 aromatic heterocycles. The summed E-state index contributed by atoms with van der Waals surface area (Å²) in [4.78, 5) is 10.1. The van der Waals surface area contributed by atoms with Crippen molar-refractivity contribution in [3.63, 3.8) is 0 Å². The maximum atomic E-state index is 10.1. The fourth-order valence-corrected chi connectivity index (χ4v) is 0.485. The number of aldehydes is 1. The van der Waals surface area contributed by atoms with Crippen LogP contribution in [0.2, 0.25) is 0 Å². The fraction of sp³-hybridized carbons (Fsp3) is 0.500. The molecule has 0 unspecified atom stereocenters. The molecule has 0 aliphatic rings. The van der Waals surface area contributed by atoms with Gasteiger partial charge in [0.25, 0.3) is 0 Å². The molecule has 0 fully saturated rings. The van der Waals surface area contributed by atoms with Gasteiger partial charge >= 0.3 is 29.6 Å². The summed E-state index contributed by atoms with van der Waals surface area (Å²) in [5, 5.41) is 8.28. The van der Waals surface area contributed by atoms with Crippen molar-refractivity contribution in [1.29, 1.82) is 5.26 Å². The van der Waals surface area contributed by atoms with Gasteiger partial charge in [0, 0.05) is 20.5 Å². The predicted molar refractivity (Wildman–Crippen MR) is 32.7 cm³/mol. The molecule has 11 heavy (non-hydrogen) atoms. The van der Waals surface area contributed by atoms with Gasteiger partial charge in [-0.1, -0.05) is 6.07 Å². The number of carbonyl (C=O) groups excluding carboxylic acids is 1. The first-order valence-electron chi connectivity index (χ1n) is 2.57. The van der Waals surface area contributed by atoms with E-state index >= 15 is 0 Å². The number of carbonyl (C=O) groups is 1. The number of nitrogens with zero attached hydrogens (tertiary/aromatic N) is 1. The molecule has 0 rings (SSSR count). The molecule has 0 N–H and O–H groups in total. The summed E-state index contributed by atoms with van der Waals surface area (Å²) in [5.41, 5.74) is 0. The number of rotatable bonds is 4. The third kappa shape index (κ3) is 4.40. The molecule has 4 nitrogen and oxygen atoms in total. The van der Waals surface area contributed by atoms with Gasteiger partial charge in [-0.05, 0) is 0 Å². The van der Waals surface area contributed by atoms with Crippen LogP contribution in [0.15, 0.2) is 0 Å². The first kappa shape index (κ1) is 13.5. The van der Waals surface area contributed by atoms with Gasteiger partial charge in [0.05, 0.1) is 6.29 Å². The Morgan fingerprint density at radius 1 is 1.55 bits per heavy atom. The average Bonchev–Trinajstić information content (AvgIpc) is 2.00. The standard InChI is InChI=1S/C6H8NO3.Na/c1-9-6(10-2)5(3-7)4-8;/h4,6H,1-2H3;/q-1;+1. The Morgan fingerprint density at radius 3 is 2.09 bits per heavy atom. The smallest absolute Gasteiger partial charge is 0.383 e. The molecule has 0 aromatic carbocycles. The number of methoxy groups -OCH3 is 2. The van der Waals surface area contributed by atoms with Gasteiger partial charge in [-0.15, -0.1) is 0 Å². The second-order valence-electron chi connectivity index (χ2n) is 1.49. The Kier molecular flexibility index (Phi) is 9.90. The summed E-state index contributed by atoms with van der Waals surface area (Å²) in [7, 11) is 2.71. The van der Waals surface area contributed by atoms with Crippen LogP contribution in [0.5, 0.6) is 0 Å². The molecule has 0 bridgehead atoms. The Bertz CT molecular complexity index is 141. The second-order valence-corrected chi connectivity index (χ2v) is 1.49. The number of hydrogen-bond acceptors (Lipinski definition) is 4. The molecule has 0 saturated carbocycles. The van der Waals surface area contributed by atoms with E-state index in [4.69, 9.17) is 5.26 Å². The first-order chi connectivity index (χ1) is 4.79. The molecule has 0 amide bonds. The topological polar surface area (TPSA) is 59.3 Å². The van der Waals surface area contributed by atoms with Crippen LogP contribution >= 0.6 is 0 Å². The van der Waals surface area contributed by atoms with E-state index in [0.717, 1.165) is 0 Å². The van der Waals surface area contributed by atoms with Gasteiger partial charge in [-0.3, -0.25) is 0 Å². The van der Waals surface area contributed by atoms with Crippen molar-refractivity contribution < 1.29 is 43.8 Å². The van der Waals surface area contributed by atoms with Crippen LogP contribution in [0, 0.1) is 17.2 Å². The molecule has 0 aromatic rings. The molecule has 5 heteroatoms.